The summed E-state index contributed by atoms with van der Waals surface area (Å²) in [6.45, 7) is 7.30. The van der Waals surface area contributed by atoms with Crippen molar-refractivity contribution in [3.05, 3.63) is 34.3 Å². The van der Waals surface area contributed by atoms with Crippen LogP contribution >= 0.6 is 15.9 Å². The number of hydrogen-bond donors (Lipinski definition) is 2. The minimum absolute atomic E-state index is 0.665. The number of benzene rings is 1. The van der Waals surface area contributed by atoms with Crippen molar-refractivity contribution in [2.45, 2.75) is 19.9 Å². The quantitative estimate of drug-likeness (QED) is 0.369. The molecule has 0 aliphatic rings. The Hall–Kier alpha value is -1.11. The fraction of sp³-hybridized carbons (Fsp3) is 0.588. The molecule has 0 saturated carbocycles. The summed E-state index contributed by atoms with van der Waals surface area (Å²) in [7, 11) is 3.87. The van der Waals surface area contributed by atoms with Crippen molar-refractivity contribution in [2.24, 2.45) is 4.99 Å². The Labute approximate surface area is 148 Å². The molecule has 5 nitrogen and oxygen atoms in total. The van der Waals surface area contributed by atoms with Crippen LogP contribution in [0.1, 0.15) is 18.9 Å². The van der Waals surface area contributed by atoms with Gasteiger partial charge < -0.3 is 20.3 Å². The Bertz CT molecular complexity index is 468. The zero-order valence-electron chi connectivity index (χ0n) is 14.4. The largest absolute Gasteiger partial charge is 0.385 e. The van der Waals surface area contributed by atoms with Crippen LogP contribution in [0.3, 0.4) is 0 Å². The molecule has 0 bridgehead atoms. The molecule has 1 rings (SSSR count). The summed E-state index contributed by atoms with van der Waals surface area (Å²) >= 11 is 3.49. The van der Waals surface area contributed by atoms with E-state index in [4.69, 9.17) is 4.74 Å². The van der Waals surface area contributed by atoms with E-state index in [1.165, 1.54) is 5.56 Å². The van der Waals surface area contributed by atoms with Crippen LogP contribution in [0.15, 0.2) is 33.7 Å². The molecule has 1 aromatic rings. The molecule has 130 valence electrons. The fourth-order valence-electron chi connectivity index (χ4n) is 2.10. The molecule has 23 heavy (non-hydrogen) atoms. The molecule has 0 fully saturated rings. The molecular formula is C17H29BrN4O. The molecule has 0 atom stereocenters. The van der Waals surface area contributed by atoms with Gasteiger partial charge in [0.2, 0.25) is 0 Å². The van der Waals surface area contributed by atoms with E-state index in [0.717, 1.165) is 49.6 Å². The number of aliphatic imine (C=N–C) groups is 1. The number of rotatable bonds is 10. The van der Waals surface area contributed by atoms with Crippen molar-refractivity contribution >= 4 is 21.9 Å². The molecule has 0 aliphatic carbocycles. The molecular weight excluding hydrogens is 356 g/mol. The summed E-state index contributed by atoms with van der Waals surface area (Å²) in [4.78, 5) is 6.93. The number of methoxy groups -OCH3 is 1. The third-order valence-electron chi connectivity index (χ3n) is 3.33. The van der Waals surface area contributed by atoms with Crippen LogP contribution in [0.4, 0.5) is 0 Å². The fourth-order valence-corrected chi connectivity index (χ4v) is 2.55. The molecule has 0 amide bonds. The van der Waals surface area contributed by atoms with Gasteiger partial charge in [-0.2, -0.15) is 0 Å². The summed E-state index contributed by atoms with van der Waals surface area (Å²) in [6, 6.07) is 8.23. The van der Waals surface area contributed by atoms with Crippen LogP contribution in [0.5, 0.6) is 0 Å². The Morgan fingerprint density at radius 3 is 2.83 bits per heavy atom. The number of halogens is 1. The predicted molar refractivity (Wildman–Crippen MR) is 101 cm³/mol. The van der Waals surface area contributed by atoms with E-state index in [9.17, 15) is 0 Å². The minimum Gasteiger partial charge on any atom is -0.385 e. The highest BCUT2D eigenvalue weighted by atomic mass is 79.9. The van der Waals surface area contributed by atoms with Crippen molar-refractivity contribution in [1.29, 1.82) is 0 Å². The molecule has 0 aliphatic heterocycles. The van der Waals surface area contributed by atoms with Crippen LogP contribution in [-0.4, -0.2) is 57.8 Å². The lowest BCUT2D eigenvalue weighted by atomic mass is 10.2. The van der Waals surface area contributed by atoms with Gasteiger partial charge in [0, 0.05) is 44.4 Å². The van der Waals surface area contributed by atoms with Crippen LogP contribution < -0.4 is 10.6 Å². The molecule has 1 aromatic carbocycles. The van der Waals surface area contributed by atoms with Crippen molar-refractivity contribution in [1.82, 2.24) is 15.5 Å². The molecule has 2 N–H and O–H groups in total. The monoisotopic (exact) mass is 384 g/mol. The van der Waals surface area contributed by atoms with Crippen molar-refractivity contribution in [3.8, 4) is 0 Å². The molecule has 0 unspecified atom stereocenters. The van der Waals surface area contributed by atoms with E-state index in [1.807, 2.05) is 12.1 Å². The average Bonchev–Trinajstić information content (AvgIpc) is 2.53. The van der Waals surface area contributed by atoms with Gasteiger partial charge in [0.25, 0.3) is 0 Å². The first-order valence-electron chi connectivity index (χ1n) is 8.09. The van der Waals surface area contributed by atoms with Crippen molar-refractivity contribution in [2.75, 3.05) is 46.9 Å². The number of ether oxygens (including phenoxy) is 1. The Balaban J connectivity index is 2.37. The average molecular weight is 385 g/mol. The molecule has 6 heteroatoms. The maximum atomic E-state index is 5.07. The summed E-state index contributed by atoms with van der Waals surface area (Å²) in [6.07, 6.45) is 1.06. The van der Waals surface area contributed by atoms with Gasteiger partial charge in [0.05, 0.1) is 6.54 Å². The number of hydrogen-bond acceptors (Lipinski definition) is 3. The summed E-state index contributed by atoms with van der Waals surface area (Å²) in [5, 5.41) is 6.66. The van der Waals surface area contributed by atoms with E-state index >= 15 is 0 Å². The van der Waals surface area contributed by atoms with Gasteiger partial charge >= 0.3 is 0 Å². The minimum atomic E-state index is 0.665. The maximum Gasteiger partial charge on any atom is 0.191 e. The van der Waals surface area contributed by atoms with E-state index in [1.54, 1.807) is 7.11 Å². The molecule has 0 radical (unpaired) electrons. The second kappa shape index (κ2) is 12.3. The SMILES string of the molecule is CCNC(=NCc1cccc(Br)c1)NCCN(C)CCCOC. The van der Waals surface area contributed by atoms with Gasteiger partial charge in [-0.15, -0.1) is 0 Å². The highest BCUT2D eigenvalue weighted by molar-refractivity contribution is 9.10. The first-order chi connectivity index (χ1) is 11.2. The van der Waals surface area contributed by atoms with E-state index in [0.29, 0.717) is 6.54 Å². The van der Waals surface area contributed by atoms with Gasteiger partial charge in [-0.05, 0) is 38.1 Å². The normalized spacial score (nSPS) is 11.8. The van der Waals surface area contributed by atoms with E-state index < -0.39 is 0 Å². The van der Waals surface area contributed by atoms with E-state index in [-0.39, 0.29) is 0 Å². The third-order valence-corrected chi connectivity index (χ3v) is 3.82. The van der Waals surface area contributed by atoms with Gasteiger partial charge in [-0.25, -0.2) is 4.99 Å². The smallest absolute Gasteiger partial charge is 0.191 e. The topological polar surface area (TPSA) is 48.9 Å². The lowest BCUT2D eigenvalue weighted by Gasteiger charge is -2.18. The predicted octanol–water partition coefficient (Wildman–Crippen LogP) is 2.47. The summed E-state index contributed by atoms with van der Waals surface area (Å²) in [5.74, 6) is 0.859. The Morgan fingerprint density at radius 1 is 1.30 bits per heavy atom. The van der Waals surface area contributed by atoms with Crippen molar-refractivity contribution < 1.29 is 4.74 Å². The van der Waals surface area contributed by atoms with Crippen LogP contribution in [0, 0.1) is 0 Å². The van der Waals surface area contributed by atoms with E-state index in [2.05, 4.69) is 62.6 Å². The number of likely N-dealkylation sites (N-methyl/N-ethyl adjacent to an activating group) is 1. The number of guanidine groups is 1. The highest BCUT2D eigenvalue weighted by Gasteiger charge is 2.01. The molecule has 0 spiro atoms. The molecule has 0 saturated heterocycles. The van der Waals surface area contributed by atoms with Crippen LogP contribution in [0.25, 0.3) is 0 Å². The zero-order chi connectivity index (χ0) is 16.9. The second-order valence-electron chi connectivity index (χ2n) is 5.40. The maximum absolute atomic E-state index is 5.07. The second-order valence-corrected chi connectivity index (χ2v) is 6.32. The standard InChI is InChI=1S/C17H29BrN4O/c1-4-19-17(20-9-11-22(2)10-6-12-23-3)21-14-15-7-5-8-16(18)13-15/h5,7-8,13H,4,6,9-12,14H2,1-3H3,(H2,19,20,21). The third kappa shape index (κ3) is 9.58. The van der Waals surface area contributed by atoms with Crippen LogP contribution in [0.2, 0.25) is 0 Å². The molecule has 0 heterocycles. The molecule has 0 aromatic heterocycles. The van der Waals surface area contributed by atoms with Crippen molar-refractivity contribution in [3.63, 3.8) is 0 Å². The lowest BCUT2D eigenvalue weighted by molar-refractivity contribution is 0.180. The van der Waals surface area contributed by atoms with Gasteiger partial charge in [0.15, 0.2) is 5.96 Å². The van der Waals surface area contributed by atoms with Gasteiger partial charge in [-0.1, -0.05) is 28.1 Å². The number of nitrogens with one attached hydrogen (secondary N) is 2. The zero-order valence-corrected chi connectivity index (χ0v) is 16.0. The van der Waals surface area contributed by atoms with Gasteiger partial charge in [0.1, 0.15) is 0 Å². The Kier molecular flexibility index (Phi) is 10.7. The summed E-state index contributed by atoms with van der Waals surface area (Å²) in [5.41, 5.74) is 1.19. The summed E-state index contributed by atoms with van der Waals surface area (Å²) < 4.78 is 6.16. The number of nitrogens with zero attached hydrogens (tertiary/aromatic N) is 2. The highest BCUT2D eigenvalue weighted by Crippen LogP contribution is 2.12. The first kappa shape index (κ1) is 19.9. The first-order valence-corrected chi connectivity index (χ1v) is 8.89. The van der Waals surface area contributed by atoms with Crippen LogP contribution in [-0.2, 0) is 11.3 Å². The van der Waals surface area contributed by atoms with Gasteiger partial charge in [-0.3, -0.25) is 0 Å². The Morgan fingerprint density at radius 2 is 2.13 bits per heavy atom. The lowest BCUT2D eigenvalue weighted by Crippen LogP contribution is -2.41.